The molecule has 0 atom stereocenters. The van der Waals surface area contributed by atoms with E-state index in [-0.39, 0.29) is 5.91 Å². The quantitative estimate of drug-likeness (QED) is 0.896. The van der Waals surface area contributed by atoms with Crippen LogP contribution >= 0.6 is 15.9 Å². The van der Waals surface area contributed by atoms with E-state index in [1.807, 2.05) is 25.1 Å². The van der Waals surface area contributed by atoms with Crippen molar-refractivity contribution in [2.24, 2.45) is 0 Å². The molecule has 1 aromatic rings. The second-order valence-corrected chi connectivity index (χ2v) is 6.34. The van der Waals surface area contributed by atoms with Crippen molar-refractivity contribution < 1.29 is 9.90 Å². The Morgan fingerprint density at radius 2 is 2.05 bits per heavy atom. The van der Waals surface area contributed by atoms with Crippen molar-refractivity contribution >= 4 is 21.8 Å². The molecule has 0 radical (unpaired) electrons. The number of rotatable bonds is 3. The third kappa shape index (κ3) is 3.80. The average molecular weight is 326 g/mol. The molecule has 0 spiro atoms. The third-order valence-corrected chi connectivity index (χ3v) is 4.30. The van der Waals surface area contributed by atoms with E-state index in [1.54, 1.807) is 0 Å². The molecule has 1 fully saturated rings. The van der Waals surface area contributed by atoms with Gasteiger partial charge in [0.1, 0.15) is 0 Å². The number of carbonyl (C=O) groups is 1. The fourth-order valence-electron chi connectivity index (χ4n) is 2.57. The molecule has 3 nitrogen and oxygen atoms in total. The van der Waals surface area contributed by atoms with Crippen LogP contribution in [0, 0.1) is 6.92 Å². The van der Waals surface area contributed by atoms with Crippen molar-refractivity contribution in [1.82, 2.24) is 5.32 Å². The van der Waals surface area contributed by atoms with Gasteiger partial charge in [0.2, 0.25) is 0 Å². The normalized spacial score (nSPS) is 18.1. The summed E-state index contributed by atoms with van der Waals surface area (Å²) in [6, 6.07) is 5.64. The number of nitrogens with one attached hydrogen (secondary N) is 1. The number of carbonyl (C=O) groups excluding carboxylic acids is 1. The standard InChI is InChI=1S/C15H20BrNO2/c1-11-5-6-12(16)9-13(11)14(18)17-10-15(19)7-3-2-4-8-15/h5-6,9,19H,2-4,7-8,10H2,1H3,(H,17,18). The van der Waals surface area contributed by atoms with E-state index < -0.39 is 5.60 Å². The average Bonchev–Trinajstić information content (AvgIpc) is 2.40. The summed E-state index contributed by atoms with van der Waals surface area (Å²) in [6.45, 7) is 2.26. The van der Waals surface area contributed by atoms with Gasteiger partial charge in [0.25, 0.3) is 5.91 Å². The van der Waals surface area contributed by atoms with Crippen molar-refractivity contribution in [2.75, 3.05) is 6.54 Å². The Kier molecular flexibility index (Phi) is 4.63. The van der Waals surface area contributed by atoms with Crippen molar-refractivity contribution in [3.05, 3.63) is 33.8 Å². The van der Waals surface area contributed by atoms with Crippen molar-refractivity contribution in [3.8, 4) is 0 Å². The predicted octanol–water partition coefficient (Wildman–Crippen LogP) is 3.18. The van der Waals surface area contributed by atoms with Crippen LogP contribution in [0.25, 0.3) is 0 Å². The van der Waals surface area contributed by atoms with Gasteiger partial charge in [-0.15, -0.1) is 0 Å². The fourth-order valence-corrected chi connectivity index (χ4v) is 2.93. The maximum Gasteiger partial charge on any atom is 0.251 e. The van der Waals surface area contributed by atoms with Crippen LogP contribution in [0.2, 0.25) is 0 Å². The Labute approximate surface area is 122 Å². The maximum atomic E-state index is 12.2. The molecule has 2 rings (SSSR count). The summed E-state index contributed by atoms with van der Waals surface area (Å²) in [7, 11) is 0. The van der Waals surface area contributed by atoms with Crippen molar-refractivity contribution in [2.45, 2.75) is 44.6 Å². The van der Waals surface area contributed by atoms with Gasteiger partial charge in [-0.2, -0.15) is 0 Å². The molecule has 1 aromatic carbocycles. The Morgan fingerprint density at radius 3 is 2.74 bits per heavy atom. The molecule has 0 saturated heterocycles. The van der Waals surface area contributed by atoms with E-state index in [0.29, 0.717) is 12.1 Å². The molecule has 19 heavy (non-hydrogen) atoms. The highest BCUT2D eigenvalue weighted by Gasteiger charge is 2.29. The van der Waals surface area contributed by atoms with E-state index >= 15 is 0 Å². The molecule has 104 valence electrons. The molecular formula is C15H20BrNO2. The van der Waals surface area contributed by atoms with Gasteiger partial charge in [0, 0.05) is 16.6 Å². The van der Waals surface area contributed by atoms with E-state index in [2.05, 4.69) is 21.2 Å². The minimum atomic E-state index is -0.714. The number of amides is 1. The summed E-state index contributed by atoms with van der Waals surface area (Å²) in [6.07, 6.45) is 4.83. The number of hydrogen-bond acceptors (Lipinski definition) is 2. The molecule has 0 aliphatic heterocycles. The molecule has 1 amide bonds. The topological polar surface area (TPSA) is 49.3 Å². The zero-order valence-electron chi connectivity index (χ0n) is 11.2. The highest BCUT2D eigenvalue weighted by Crippen LogP contribution is 2.27. The summed E-state index contributed by atoms with van der Waals surface area (Å²) in [5.74, 6) is -0.113. The van der Waals surface area contributed by atoms with Crippen LogP contribution < -0.4 is 5.32 Å². The second kappa shape index (κ2) is 6.06. The van der Waals surface area contributed by atoms with Crippen molar-refractivity contribution in [1.29, 1.82) is 0 Å². The van der Waals surface area contributed by atoms with Crippen LogP contribution in [0.15, 0.2) is 22.7 Å². The van der Waals surface area contributed by atoms with Crippen LogP contribution in [-0.2, 0) is 0 Å². The molecule has 0 aromatic heterocycles. The van der Waals surface area contributed by atoms with E-state index in [0.717, 1.165) is 35.7 Å². The van der Waals surface area contributed by atoms with Gasteiger partial charge in [-0.25, -0.2) is 0 Å². The van der Waals surface area contributed by atoms with Crippen molar-refractivity contribution in [3.63, 3.8) is 0 Å². The molecule has 2 N–H and O–H groups in total. The molecule has 1 saturated carbocycles. The maximum absolute atomic E-state index is 12.2. The van der Waals surface area contributed by atoms with Gasteiger partial charge < -0.3 is 10.4 Å². The van der Waals surface area contributed by atoms with Crippen LogP contribution in [0.1, 0.15) is 48.0 Å². The van der Waals surface area contributed by atoms with Gasteiger partial charge in [0.15, 0.2) is 0 Å². The van der Waals surface area contributed by atoms with Crippen LogP contribution in [0.5, 0.6) is 0 Å². The Hall–Kier alpha value is -0.870. The SMILES string of the molecule is Cc1ccc(Br)cc1C(=O)NCC1(O)CCCCC1. The first kappa shape index (κ1) is 14.5. The highest BCUT2D eigenvalue weighted by atomic mass is 79.9. The number of hydrogen-bond donors (Lipinski definition) is 2. The van der Waals surface area contributed by atoms with Gasteiger partial charge in [-0.05, 0) is 37.5 Å². The number of aryl methyl sites for hydroxylation is 1. The number of benzene rings is 1. The Bertz CT molecular complexity index is 467. The molecule has 0 heterocycles. The van der Waals surface area contributed by atoms with Crippen LogP contribution in [-0.4, -0.2) is 23.2 Å². The molecule has 0 bridgehead atoms. The van der Waals surface area contributed by atoms with E-state index in [4.69, 9.17) is 0 Å². The van der Waals surface area contributed by atoms with Gasteiger partial charge in [-0.3, -0.25) is 4.79 Å². The fraction of sp³-hybridized carbons (Fsp3) is 0.533. The van der Waals surface area contributed by atoms with Crippen LogP contribution in [0.4, 0.5) is 0 Å². The summed E-state index contributed by atoms with van der Waals surface area (Å²) < 4.78 is 0.889. The van der Waals surface area contributed by atoms with Gasteiger partial charge in [0.05, 0.1) is 5.60 Å². The molecular weight excluding hydrogens is 306 g/mol. The van der Waals surface area contributed by atoms with Crippen LogP contribution in [0.3, 0.4) is 0 Å². The zero-order valence-corrected chi connectivity index (χ0v) is 12.8. The largest absolute Gasteiger partial charge is 0.388 e. The molecule has 1 aliphatic carbocycles. The second-order valence-electron chi connectivity index (χ2n) is 5.43. The highest BCUT2D eigenvalue weighted by molar-refractivity contribution is 9.10. The lowest BCUT2D eigenvalue weighted by molar-refractivity contribution is 0.00525. The van der Waals surface area contributed by atoms with Gasteiger partial charge in [-0.1, -0.05) is 41.3 Å². The smallest absolute Gasteiger partial charge is 0.251 e. The number of aliphatic hydroxyl groups is 1. The lowest BCUT2D eigenvalue weighted by Crippen LogP contribution is -2.44. The Morgan fingerprint density at radius 1 is 1.37 bits per heavy atom. The molecule has 4 heteroatoms. The predicted molar refractivity (Wildman–Crippen MR) is 79.2 cm³/mol. The molecule has 0 unspecified atom stereocenters. The lowest BCUT2D eigenvalue weighted by Gasteiger charge is -2.32. The third-order valence-electron chi connectivity index (χ3n) is 3.81. The lowest BCUT2D eigenvalue weighted by atomic mass is 9.85. The first-order valence-electron chi connectivity index (χ1n) is 6.77. The minimum absolute atomic E-state index is 0.113. The summed E-state index contributed by atoms with van der Waals surface area (Å²) in [4.78, 5) is 12.2. The van der Waals surface area contributed by atoms with E-state index in [1.165, 1.54) is 6.42 Å². The van der Waals surface area contributed by atoms with Gasteiger partial charge >= 0.3 is 0 Å². The zero-order chi connectivity index (χ0) is 13.9. The first-order chi connectivity index (χ1) is 9.00. The Balaban J connectivity index is 1.99. The monoisotopic (exact) mass is 325 g/mol. The minimum Gasteiger partial charge on any atom is -0.388 e. The summed E-state index contributed by atoms with van der Waals surface area (Å²) >= 11 is 3.37. The molecule has 1 aliphatic rings. The van der Waals surface area contributed by atoms with E-state index in [9.17, 15) is 9.90 Å². The number of halogens is 1. The summed E-state index contributed by atoms with van der Waals surface area (Å²) in [5.41, 5.74) is 0.888. The first-order valence-corrected chi connectivity index (χ1v) is 7.56. The summed E-state index contributed by atoms with van der Waals surface area (Å²) in [5, 5.41) is 13.2.